The van der Waals surface area contributed by atoms with Crippen molar-refractivity contribution in [3.63, 3.8) is 0 Å². The van der Waals surface area contributed by atoms with Crippen LogP contribution in [0.2, 0.25) is 0 Å². The first-order valence-corrected chi connectivity index (χ1v) is 8.30. The van der Waals surface area contributed by atoms with Gasteiger partial charge in [-0.15, -0.1) is 23.7 Å². The molecule has 2 rings (SSSR count). The smallest absolute Gasteiger partial charge is 0.223 e. The molecule has 1 amide bonds. The summed E-state index contributed by atoms with van der Waals surface area (Å²) in [6.45, 7) is 3.86. The van der Waals surface area contributed by atoms with Crippen LogP contribution < -0.4 is 10.6 Å². The van der Waals surface area contributed by atoms with Crippen LogP contribution in [0.5, 0.6) is 0 Å². The highest BCUT2D eigenvalue weighted by Crippen LogP contribution is 2.19. The lowest BCUT2D eigenvalue weighted by molar-refractivity contribution is -0.126. The van der Waals surface area contributed by atoms with Gasteiger partial charge in [0.25, 0.3) is 0 Å². The van der Waals surface area contributed by atoms with Gasteiger partial charge in [-0.3, -0.25) is 4.79 Å². The predicted molar refractivity (Wildman–Crippen MR) is 91.2 cm³/mol. The predicted octanol–water partition coefficient (Wildman–Crippen LogP) is 2.82. The minimum Gasteiger partial charge on any atom is -0.355 e. The number of carbonyl (C=O) groups excluding carboxylic acids is 1. The van der Waals surface area contributed by atoms with E-state index in [4.69, 9.17) is 0 Å². The van der Waals surface area contributed by atoms with E-state index in [0.29, 0.717) is 6.04 Å². The Morgan fingerprint density at radius 1 is 1.58 bits per heavy atom. The molecule has 2 heterocycles. The van der Waals surface area contributed by atoms with Gasteiger partial charge >= 0.3 is 0 Å². The highest BCUT2D eigenvalue weighted by molar-refractivity contribution is 14.1. The van der Waals surface area contributed by atoms with Gasteiger partial charge in [0.1, 0.15) is 0 Å². The van der Waals surface area contributed by atoms with Crippen LogP contribution in [0.1, 0.15) is 24.6 Å². The minimum atomic E-state index is 0. The van der Waals surface area contributed by atoms with Gasteiger partial charge in [0.2, 0.25) is 5.91 Å². The normalized spacial score (nSPS) is 22.6. The molecule has 2 N–H and O–H groups in total. The lowest BCUT2D eigenvalue weighted by Gasteiger charge is -2.27. The van der Waals surface area contributed by atoms with E-state index in [0.717, 1.165) is 32.4 Å². The highest BCUT2D eigenvalue weighted by Gasteiger charge is 2.24. The minimum absolute atomic E-state index is 0. The zero-order valence-corrected chi connectivity index (χ0v) is 14.7. The van der Waals surface area contributed by atoms with Crippen molar-refractivity contribution in [2.45, 2.75) is 32.2 Å². The summed E-state index contributed by atoms with van der Waals surface area (Å²) in [5, 5.41) is 6.44. The summed E-state index contributed by atoms with van der Waals surface area (Å²) < 4.78 is 1.31. The van der Waals surface area contributed by atoms with Gasteiger partial charge in [0.15, 0.2) is 0 Å². The third kappa shape index (κ3) is 5.57. The molecule has 0 radical (unpaired) electrons. The van der Waals surface area contributed by atoms with Crippen molar-refractivity contribution in [3.8, 4) is 0 Å². The van der Waals surface area contributed by atoms with Crippen molar-refractivity contribution in [1.29, 1.82) is 0 Å². The van der Waals surface area contributed by atoms with Crippen molar-refractivity contribution in [2.75, 3.05) is 13.1 Å². The topological polar surface area (TPSA) is 41.1 Å². The molecule has 0 bridgehead atoms. The van der Waals surface area contributed by atoms with Gasteiger partial charge in [-0.2, -0.15) is 0 Å². The van der Waals surface area contributed by atoms with E-state index in [2.05, 4.69) is 52.3 Å². The summed E-state index contributed by atoms with van der Waals surface area (Å²) in [4.78, 5) is 13.3. The summed E-state index contributed by atoms with van der Waals surface area (Å²) in [6, 6.07) is 4.73. The number of hydrogen-bond donors (Lipinski definition) is 2. The second-order valence-electron chi connectivity index (χ2n) is 4.82. The zero-order chi connectivity index (χ0) is 13.0. The highest BCUT2D eigenvalue weighted by atomic mass is 127. The van der Waals surface area contributed by atoms with Crippen molar-refractivity contribution in [2.24, 2.45) is 5.92 Å². The molecule has 1 aromatic rings. The molecule has 0 aliphatic carbocycles. The van der Waals surface area contributed by atoms with Crippen LogP contribution in [0.25, 0.3) is 0 Å². The standard InChI is InChI=1S/C13H19IN2OS.ClH/c1-9-8-10(4-6-15-9)13(17)16-7-5-11-2-3-12(14)18-11;/h2-3,9-10,15H,4-8H2,1H3,(H,16,17);1H/t9-,10-;/m0./s1. The lowest BCUT2D eigenvalue weighted by atomic mass is 9.92. The van der Waals surface area contributed by atoms with E-state index in [1.807, 2.05) is 0 Å². The molecule has 0 saturated carbocycles. The summed E-state index contributed by atoms with van der Waals surface area (Å²) in [6.07, 6.45) is 2.87. The van der Waals surface area contributed by atoms with Crippen LogP contribution in [0.3, 0.4) is 0 Å². The Kier molecular flexibility index (Phi) is 7.64. The van der Waals surface area contributed by atoms with Crippen molar-refractivity contribution >= 4 is 52.2 Å². The molecule has 0 unspecified atom stereocenters. The summed E-state index contributed by atoms with van der Waals surface area (Å²) in [5.41, 5.74) is 0. The molecule has 108 valence electrons. The van der Waals surface area contributed by atoms with Crippen LogP contribution in [0.4, 0.5) is 0 Å². The fourth-order valence-electron chi connectivity index (χ4n) is 2.31. The average molecular weight is 415 g/mol. The second kappa shape index (κ2) is 8.44. The largest absolute Gasteiger partial charge is 0.355 e. The van der Waals surface area contributed by atoms with Crippen molar-refractivity contribution < 1.29 is 4.79 Å². The average Bonchev–Trinajstić information content (AvgIpc) is 2.75. The van der Waals surface area contributed by atoms with Gasteiger partial charge in [-0.1, -0.05) is 0 Å². The summed E-state index contributed by atoms with van der Waals surface area (Å²) in [7, 11) is 0. The Hall–Kier alpha value is 0.150. The number of halogens is 2. The molecule has 0 aromatic carbocycles. The summed E-state index contributed by atoms with van der Waals surface area (Å²) >= 11 is 4.13. The van der Waals surface area contributed by atoms with E-state index < -0.39 is 0 Å². The number of rotatable bonds is 4. The first-order chi connectivity index (χ1) is 8.65. The first-order valence-electron chi connectivity index (χ1n) is 6.40. The molecule has 1 fully saturated rings. The van der Waals surface area contributed by atoms with Crippen molar-refractivity contribution in [1.82, 2.24) is 10.6 Å². The first kappa shape index (κ1) is 17.2. The van der Waals surface area contributed by atoms with E-state index in [1.165, 1.54) is 7.76 Å². The maximum absolute atomic E-state index is 12.0. The lowest BCUT2D eigenvalue weighted by Crippen LogP contribution is -2.42. The molecule has 1 aliphatic rings. The van der Waals surface area contributed by atoms with E-state index >= 15 is 0 Å². The molecule has 3 nitrogen and oxygen atoms in total. The zero-order valence-electron chi connectivity index (χ0n) is 10.9. The van der Waals surface area contributed by atoms with Crippen LogP contribution in [-0.2, 0) is 11.2 Å². The molecule has 1 saturated heterocycles. The number of amides is 1. The van der Waals surface area contributed by atoms with Crippen molar-refractivity contribution in [3.05, 3.63) is 19.9 Å². The molecule has 1 aromatic heterocycles. The quantitative estimate of drug-likeness (QED) is 0.744. The Morgan fingerprint density at radius 2 is 2.37 bits per heavy atom. The SMILES string of the molecule is C[C@H]1C[C@@H](C(=O)NCCc2ccc(I)s2)CCN1.Cl. The summed E-state index contributed by atoms with van der Waals surface area (Å²) in [5.74, 6) is 0.430. The van der Waals surface area contributed by atoms with Crippen LogP contribution in [-0.4, -0.2) is 25.0 Å². The van der Waals surface area contributed by atoms with Gasteiger partial charge < -0.3 is 10.6 Å². The van der Waals surface area contributed by atoms with Gasteiger partial charge in [0, 0.05) is 23.4 Å². The number of nitrogens with one attached hydrogen (secondary N) is 2. The van der Waals surface area contributed by atoms with Crippen LogP contribution in [0.15, 0.2) is 12.1 Å². The molecule has 6 heteroatoms. The Bertz CT molecular complexity index is 413. The van der Waals surface area contributed by atoms with E-state index in [1.54, 1.807) is 11.3 Å². The second-order valence-corrected chi connectivity index (χ2v) is 7.89. The van der Waals surface area contributed by atoms with E-state index in [-0.39, 0.29) is 24.2 Å². The van der Waals surface area contributed by atoms with Crippen LogP contribution >= 0.6 is 46.3 Å². The molecular weight excluding hydrogens is 395 g/mol. The number of piperidine rings is 1. The Morgan fingerprint density at radius 3 is 3.00 bits per heavy atom. The molecule has 0 spiro atoms. The van der Waals surface area contributed by atoms with Gasteiger partial charge in [-0.05, 0) is 67.5 Å². The van der Waals surface area contributed by atoms with Gasteiger partial charge in [0.05, 0.1) is 2.88 Å². The Labute approximate surface area is 138 Å². The third-order valence-corrected chi connectivity index (χ3v) is 5.25. The molecule has 19 heavy (non-hydrogen) atoms. The number of hydrogen-bond acceptors (Lipinski definition) is 3. The molecule has 1 aliphatic heterocycles. The van der Waals surface area contributed by atoms with Crippen LogP contribution in [0, 0.1) is 8.80 Å². The fraction of sp³-hybridized carbons (Fsp3) is 0.615. The van der Waals surface area contributed by atoms with Gasteiger partial charge in [-0.25, -0.2) is 0 Å². The molecular formula is C13H20ClIN2OS. The maximum atomic E-state index is 12.0. The maximum Gasteiger partial charge on any atom is 0.223 e. The van der Waals surface area contributed by atoms with E-state index in [9.17, 15) is 4.79 Å². The molecule has 2 atom stereocenters. The monoisotopic (exact) mass is 414 g/mol. The number of thiophene rings is 1. The third-order valence-electron chi connectivity index (χ3n) is 3.29. The fourth-order valence-corrected chi connectivity index (χ4v) is 4.06. The number of carbonyl (C=O) groups is 1. The Balaban J connectivity index is 0.00000180.